The monoisotopic (exact) mass is 374 g/mol. The van der Waals surface area contributed by atoms with E-state index in [-0.39, 0.29) is 0 Å². The molecular formula is C24H30N4. The molecule has 5 aliphatic rings. The van der Waals surface area contributed by atoms with Crippen molar-refractivity contribution in [2.75, 3.05) is 16.8 Å². The highest BCUT2D eigenvalue weighted by atomic mass is 15.3. The van der Waals surface area contributed by atoms with E-state index in [1.54, 1.807) is 5.56 Å². The number of anilines is 2. The van der Waals surface area contributed by atoms with E-state index < -0.39 is 0 Å². The highest BCUT2D eigenvalue weighted by molar-refractivity contribution is 5.54. The molecule has 2 bridgehead atoms. The zero-order valence-corrected chi connectivity index (χ0v) is 16.6. The van der Waals surface area contributed by atoms with Gasteiger partial charge in [0.25, 0.3) is 0 Å². The van der Waals surface area contributed by atoms with E-state index >= 15 is 0 Å². The van der Waals surface area contributed by atoms with Gasteiger partial charge in [0.1, 0.15) is 5.82 Å². The fourth-order valence-corrected chi connectivity index (χ4v) is 5.67. The number of benzene rings is 1. The summed E-state index contributed by atoms with van der Waals surface area (Å²) in [5.74, 6) is 3.33. The molecule has 3 aliphatic carbocycles. The number of aromatic nitrogens is 2. The van der Waals surface area contributed by atoms with E-state index in [0.717, 1.165) is 18.3 Å². The fourth-order valence-electron chi connectivity index (χ4n) is 5.67. The van der Waals surface area contributed by atoms with Gasteiger partial charge in [0, 0.05) is 30.5 Å². The maximum absolute atomic E-state index is 5.06. The van der Waals surface area contributed by atoms with Gasteiger partial charge in [-0.25, -0.2) is 4.98 Å². The molecule has 4 heteroatoms. The molecule has 2 saturated carbocycles. The van der Waals surface area contributed by atoms with Crippen molar-refractivity contribution >= 4 is 11.8 Å². The van der Waals surface area contributed by atoms with Crippen LogP contribution in [0, 0.1) is 0 Å². The van der Waals surface area contributed by atoms with Gasteiger partial charge < -0.3 is 10.2 Å². The van der Waals surface area contributed by atoms with E-state index in [4.69, 9.17) is 9.97 Å². The summed E-state index contributed by atoms with van der Waals surface area (Å²) in [6.07, 6.45) is 11.7. The molecule has 7 rings (SSSR count). The number of nitrogens with zero attached hydrogens (tertiary/aromatic N) is 3. The van der Waals surface area contributed by atoms with Crippen LogP contribution in [0.15, 0.2) is 30.3 Å². The third-order valence-electron chi connectivity index (χ3n) is 7.34. The summed E-state index contributed by atoms with van der Waals surface area (Å²) in [5.41, 5.74) is 4.36. The Hall–Kier alpha value is -2.10. The van der Waals surface area contributed by atoms with Crippen molar-refractivity contribution in [3.8, 4) is 0 Å². The molecule has 0 amide bonds. The average Bonchev–Trinajstić information content (AvgIpc) is 3.60. The molecule has 2 aliphatic heterocycles. The van der Waals surface area contributed by atoms with Crippen molar-refractivity contribution in [2.24, 2.45) is 0 Å². The molecule has 0 unspecified atom stereocenters. The lowest BCUT2D eigenvalue weighted by Crippen LogP contribution is -2.43. The Kier molecular flexibility index (Phi) is 4.06. The van der Waals surface area contributed by atoms with Crippen molar-refractivity contribution in [2.45, 2.75) is 81.7 Å². The van der Waals surface area contributed by atoms with E-state index in [0.29, 0.717) is 23.9 Å². The topological polar surface area (TPSA) is 41.1 Å². The summed E-state index contributed by atoms with van der Waals surface area (Å²) in [7, 11) is 0. The Labute approximate surface area is 167 Å². The molecule has 146 valence electrons. The van der Waals surface area contributed by atoms with Crippen LogP contribution >= 0.6 is 0 Å². The van der Waals surface area contributed by atoms with Crippen molar-refractivity contribution < 1.29 is 0 Å². The van der Waals surface area contributed by atoms with Gasteiger partial charge in [-0.2, -0.15) is 4.98 Å². The zero-order chi connectivity index (χ0) is 18.5. The molecule has 0 radical (unpaired) electrons. The lowest BCUT2D eigenvalue weighted by Gasteiger charge is -2.47. The van der Waals surface area contributed by atoms with Crippen LogP contribution in [0.1, 0.15) is 92.5 Å². The molecule has 2 atom stereocenters. The van der Waals surface area contributed by atoms with Crippen LogP contribution in [0.3, 0.4) is 0 Å². The average molecular weight is 375 g/mol. The van der Waals surface area contributed by atoms with Crippen molar-refractivity contribution in [3.05, 3.63) is 47.2 Å². The number of hydrogen-bond donors (Lipinski definition) is 1. The number of fused-ring (bicyclic) bond motifs is 2. The van der Waals surface area contributed by atoms with Crippen molar-refractivity contribution in [1.82, 2.24) is 9.97 Å². The van der Waals surface area contributed by atoms with Gasteiger partial charge in [-0.3, -0.25) is 0 Å². The maximum atomic E-state index is 5.06. The van der Waals surface area contributed by atoms with Gasteiger partial charge in [-0.1, -0.05) is 43.5 Å². The Morgan fingerprint density at radius 2 is 1.61 bits per heavy atom. The first-order chi connectivity index (χ1) is 13.8. The van der Waals surface area contributed by atoms with Gasteiger partial charge in [0.15, 0.2) is 0 Å². The second-order valence-corrected chi connectivity index (χ2v) is 9.30. The van der Waals surface area contributed by atoms with Crippen LogP contribution in [0.25, 0.3) is 0 Å². The highest BCUT2D eigenvalue weighted by Gasteiger charge is 2.39. The van der Waals surface area contributed by atoms with Crippen molar-refractivity contribution in [1.29, 1.82) is 0 Å². The molecule has 1 saturated heterocycles. The maximum Gasteiger partial charge on any atom is 0.225 e. The number of nitrogens with one attached hydrogen (secondary N) is 1. The molecule has 0 spiro atoms. The Balaban J connectivity index is 1.34. The molecule has 1 aromatic carbocycles. The van der Waals surface area contributed by atoms with Gasteiger partial charge in [0.05, 0.1) is 11.7 Å². The molecular weight excluding hydrogens is 344 g/mol. The van der Waals surface area contributed by atoms with E-state index in [1.165, 1.54) is 69.0 Å². The van der Waals surface area contributed by atoms with E-state index in [9.17, 15) is 0 Å². The first-order valence-corrected chi connectivity index (χ1v) is 11.4. The van der Waals surface area contributed by atoms with Gasteiger partial charge in [-0.15, -0.1) is 0 Å². The Morgan fingerprint density at radius 3 is 2.43 bits per heavy atom. The van der Waals surface area contributed by atoms with E-state index in [1.807, 2.05) is 0 Å². The predicted octanol–water partition coefficient (Wildman–Crippen LogP) is 5.54. The van der Waals surface area contributed by atoms with Crippen molar-refractivity contribution in [3.63, 3.8) is 0 Å². The molecule has 3 fully saturated rings. The molecule has 4 nitrogen and oxygen atoms in total. The summed E-state index contributed by atoms with van der Waals surface area (Å²) in [5, 5.41) is 3.70. The predicted molar refractivity (Wildman–Crippen MR) is 113 cm³/mol. The van der Waals surface area contributed by atoms with E-state index in [2.05, 4.69) is 40.5 Å². The third-order valence-corrected chi connectivity index (χ3v) is 7.34. The molecule has 28 heavy (non-hydrogen) atoms. The first-order valence-electron chi connectivity index (χ1n) is 11.4. The van der Waals surface area contributed by atoms with Gasteiger partial charge >= 0.3 is 0 Å². The number of piperidine rings is 1. The summed E-state index contributed by atoms with van der Waals surface area (Å²) < 4.78 is 0. The van der Waals surface area contributed by atoms with Gasteiger partial charge in [0.2, 0.25) is 5.95 Å². The minimum Gasteiger partial charge on any atom is -0.351 e. The van der Waals surface area contributed by atoms with Crippen LogP contribution < -0.4 is 10.2 Å². The van der Waals surface area contributed by atoms with Crippen LogP contribution in [0.4, 0.5) is 11.8 Å². The van der Waals surface area contributed by atoms with Crippen LogP contribution in [0.5, 0.6) is 0 Å². The summed E-state index contributed by atoms with van der Waals surface area (Å²) >= 11 is 0. The SMILES string of the molecule is c1ccc2c(c1)[C@H]1CC[C@H]2N(c2cc(C3CC3)nc(NC3CCCCC3)n2)C1. The lowest BCUT2D eigenvalue weighted by molar-refractivity contribution is 0.387. The lowest BCUT2D eigenvalue weighted by atomic mass is 9.75. The number of hydrogen-bond acceptors (Lipinski definition) is 4. The highest BCUT2D eigenvalue weighted by Crippen LogP contribution is 2.49. The van der Waals surface area contributed by atoms with Crippen LogP contribution in [-0.4, -0.2) is 22.6 Å². The summed E-state index contributed by atoms with van der Waals surface area (Å²) in [4.78, 5) is 12.6. The number of rotatable bonds is 4. The molecule has 2 aromatic rings. The minimum atomic E-state index is 0.477. The minimum absolute atomic E-state index is 0.477. The fraction of sp³-hybridized carbons (Fsp3) is 0.583. The Bertz CT molecular complexity index is 869. The quantitative estimate of drug-likeness (QED) is 0.763. The molecule has 1 aromatic heterocycles. The standard InChI is InChI=1S/C24H30N4/c1-2-6-18(7-3-1)25-24-26-21(16-10-11-16)14-23(27-24)28-15-17-12-13-22(28)20-9-5-4-8-19(17)20/h4-5,8-9,14,16-18,22H,1-3,6-7,10-13,15H2,(H,25,26,27)/t17-,22+/m0/s1. The van der Waals surface area contributed by atoms with Crippen LogP contribution in [-0.2, 0) is 0 Å². The molecule has 3 heterocycles. The van der Waals surface area contributed by atoms with Crippen LogP contribution in [0.2, 0.25) is 0 Å². The second-order valence-electron chi connectivity index (χ2n) is 9.30. The normalized spacial score (nSPS) is 26.9. The third kappa shape index (κ3) is 2.98. The second kappa shape index (κ2) is 6.75. The summed E-state index contributed by atoms with van der Waals surface area (Å²) in [6.45, 7) is 1.10. The molecule has 1 N–H and O–H groups in total. The zero-order valence-electron chi connectivity index (χ0n) is 16.6. The Morgan fingerprint density at radius 1 is 0.821 bits per heavy atom. The first kappa shape index (κ1) is 16.8. The largest absolute Gasteiger partial charge is 0.351 e. The summed E-state index contributed by atoms with van der Waals surface area (Å²) in [6, 6.07) is 12.4. The van der Waals surface area contributed by atoms with Gasteiger partial charge in [-0.05, 0) is 49.7 Å². The smallest absolute Gasteiger partial charge is 0.225 e.